The van der Waals surface area contributed by atoms with Crippen molar-refractivity contribution >= 4 is 16.9 Å². The van der Waals surface area contributed by atoms with Gasteiger partial charge in [-0.1, -0.05) is 84.0 Å². The highest BCUT2D eigenvalue weighted by Crippen LogP contribution is 2.41. The van der Waals surface area contributed by atoms with Crippen LogP contribution in [0.3, 0.4) is 0 Å². The van der Waals surface area contributed by atoms with Gasteiger partial charge in [0.2, 0.25) is 0 Å². The number of fused-ring (bicyclic) bond motifs is 2. The molecule has 1 unspecified atom stereocenters. The lowest BCUT2D eigenvalue weighted by atomic mass is 9.81. The van der Waals surface area contributed by atoms with Crippen LogP contribution in [-0.4, -0.2) is 13.5 Å². The quantitative estimate of drug-likeness (QED) is 0.225. The van der Waals surface area contributed by atoms with Crippen molar-refractivity contribution in [3.63, 3.8) is 0 Å². The van der Waals surface area contributed by atoms with Crippen LogP contribution in [0.4, 0.5) is 11.4 Å². The van der Waals surface area contributed by atoms with Gasteiger partial charge in [0.05, 0.1) is 0 Å². The number of allylic oxidation sites excluding steroid dienone is 2. The van der Waals surface area contributed by atoms with Crippen molar-refractivity contribution in [1.29, 1.82) is 0 Å². The van der Waals surface area contributed by atoms with E-state index in [0.29, 0.717) is 19.4 Å². The standard InChI is InChI=1S/C43H50N2O2/c1-29-22-33(24-35-26-45(28-47-41(29)35)39-19-15-37(16-20-39)43(5,6)7)31-10-8-30(9-11-31)32-12-21-40-34(23-32)25-44(27-46-40)38-17-13-36(14-18-38)42(2,3)4/h10,12-24,30H,8-9,11,25-28H2,1-7H3. The minimum Gasteiger partial charge on any atom is -0.473 e. The van der Waals surface area contributed by atoms with Gasteiger partial charge < -0.3 is 19.3 Å². The summed E-state index contributed by atoms with van der Waals surface area (Å²) in [7, 11) is 0. The molecule has 4 nitrogen and oxygen atoms in total. The van der Waals surface area contributed by atoms with Crippen LogP contribution in [0.1, 0.15) is 106 Å². The Bertz CT molecular complexity index is 1790. The largest absolute Gasteiger partial charge is 0.473 e. The molecule has 0 amide bonds. The molecular formula is C43H50N2O2. The maximum absolute atomic E-state index is 6.33. The van der Waals surface area contributed by atoms with Crippen LogP contribution in [0.5, 0.6) is 11.5 Å². The Morgan fingerprint density at radius 3 is 1.83 bits per heavy atom. The molecule has 244 valence electrons. The molecule has 2 aliphatic heterocycles. The molecule has 0 saturated carbocycles. The van der Waals surface area contributed by atoms with E-state index in [2.05, 4.69) is 143 Å². The molecule has 0 N–H and O–H groups in total. The van der Waals surface area contributed by atoms with Crippen molar-refractivity contribution in [2.45, 2.75) is 97.6 Å². The first-order valence-corrected chi connectivity index (χ1v) is 17.3. The molecule has 0 aromatic heterocycles. The lowest BCUT2D eigenvalue weighted by molar-refractivity contribution is 0.287. The van der Waals surface area contributed by atoms with Crippen LogP contribution < -0.4 is 19.3 Å². The molecule has 1 atom stereocenters. The normalized spacial score (nSPS) is 18.1. The second-order valence-electron chi connectivity index (χ2n) is 15.9. The number of hydrogen-bond acceptors (Lipinski definition) is 4. The summed E-state index contributed by atoms with van der Waals surface area (Å²) < 4.78 is 12.5. The molecule has 2 heterocycles. The first kappa shape index (κ1) is 31.4. The van der Waals surface area contributed by atoms with Crippen LogP contribution in [0.25, 0.3) is 5.57 Å². The third kappa shape index (κ3) is 6.52. The number of hydrogen-bond donors (Lipinski definition) is 0. The van der Waals surface area contributed by atoms with Crippen LogP contribution in [-0.2, 0) is 23.9 Å². The second-order valence-corrected chi connectivity index (χ2v) is 15.9. The van der Waals surface area contributed by atoms with E-state index in [4.69, 9.17) is 9.47 Å². The fourth-order valence-electron chi connectivity index (χ4n) is 7.34. The third-order valence-electron chi connectivity index (χ3n) is 10.3. The van der Waals surface area contributed by atoms with E-state index in [-0.39, 0.29) is 10.8 Å². The van der Waals surface area contributed by atoms with Gasteiger partial charge in [-0.2, -0.15) is 0 Å². The maximum atomic E-state index is 6.33. The zero-order valence-corrected chi connectivity index (χ0v) is 29.3. The zero-order chi connectivity index (χ0) is 32.9. The first-order valence-electron chi connectivity index (χ1n) is 17.3. The summed E-state index contributed by atoms with van der Waals surface area (Å²) in [5.74, 6) is 2.61. The number of aryl methyl sites for hydroxylation is 1. The number of anilines is 2. The van der Waals surface area contributed by atoms with Gasteiger partial charge in [-0.05, 0) is 119 Å². The molecule has 1 aliphatic carbocycles. The molecule has 47 heavy (non-hydrogen) atoms. The number of nitrogens with zero attached hydrogens (tertiary/aromatic N) is 2. The fourth-order valence-corrected chi connectivity index (χ4v) is 7.34. The Hall–Kier alpha value is -4.18. The summed E-state index contributed by atoms with van der Waals surface area (Å²) in [5.41, 5.74) is 13.5. The van der Waals surface area contributed by atoms with E-state index in [9.17, 15) is 0 Å². The SMILES string of the molecule is Cc1cc(C2=CCC(c3ccc4c(c3)CN(c3ccc(C(C)(C)C)cc3)CO4)CC2)cc2c1OCN(c1ccc(C(C)(C)C)cc1)C2. The van der Waals surface area contributed by atoms with Gasteiger partial charge in [-0.25, -0.2) is 0 Å². The van der Waals surface area contributed by atoms with Gasteiger partial charge in [0.15, 0.2) is 13.5 Å². The van der Waals surface area contributed by atoms with Gasteiger partial charge in [-0.15, -0.1) is 0 Å². The highest BCUT2D eigenvalue weighted by Gasteiger charge is 2.25. The molecule has 7 rings (SSSR count). The zero-order valence-electron chi connectivity index (χ0n) is 29.3. The van der Waals surface area contributed by atoms with Crippen LogP contribution in [0.2, 0.25) is 0 Å². The van der Waals surface area contributed by atoms with Crippen molar-refractivity contribution in [1.82, 2.24) is 0 Å². The predicted molar refractivity (Wildman–Crippen MR) is 196 cm³/mol. The van der Waals surface area contributed by atoms with Gasteiger partial charge in [0, 0.05) is 35.6 Å². The maximum Gasteiger partial charge on any atom is 0.161 e. The average molecular weight is 627 g/mol. The number of rotatable bonds is 4. The Morgan fingerprint density at radius 2 is 1.26 bits per heavy atom. The van der Waals surface area contributed by atoms with Crippen molar-refractivity contribution in [3.8, 4) is 11.5 Å². The predicted octanol–water partition coefficient (Wildman–Crippen LogP) is 10.7. The van der Waals surface area contributed by atoms with Gasteiger partial charge in [-0.3, -0.25) is 0 Å². The smallest absolute Gasteiger partial charge is 0.161 e. The third-order valence-corrected chi connectivity index (χ3v) is 10.3. The summed E-state index contributed by atoms with van der Waals surface area (Å²) in [6.45, 7) is 18.7. The molecule has 0 saturated heterocycles. The monoisotopic (exact) mass is 626 g/mol. The van der Waals surface area contributed by atoms with Crippen LogP contribution >= 0.6 is 0 Å². The van der Waals surface area contributed by atoms with Gasteiger partial charge in [0.25, 0.3) is 0 Å². The van der Waals surface area contributed by atoms with Crippen molar-refractivity contribution in [2.24, 2.45) is 0 Å². The molecule has 4 aromatic rings. The van der Waals surface area contributed by atoms with Crippen LogP contribution in [0.15, 0.2) is 84.9 Å². The Kier molecular flexibility index (Phi) is 8.10. The minimum atomic E-state index is 0.150. The summed E-state index contributed by atoms with van der Waals surface area (Å²) in [4.78, 5) is 4.67. The van der Waals surface area contributed by atoms with E-state index in [1.807, 2.05) is 0 Å². The summed E-state index contributed by atoms with van der Waals surface area (Å²) >= 11 is 0. The number of benzene rings is 4. The lowest BCUT2D eigenvalue weighted by Crippen LogP contribution is -2.32. The summed E-state index contributed by atoms with van der Waals surface area (Å²) in [5, 5.41) is 0. The van der Waals surface area contributed by atoms with E-state index in [1.165, 1.54) is 55.9 Å². The van der Waals surface area contributed by atoms with E-state index < -0.39 is 0 Å². The van der Waals surface area contributed by atoms with E-state index >= 15 is 0 Å². The van der Waals surface area contributed by atoms with Crippen LogP contribution in [0, 0.1) is 6.92 Å². The molecule has 0 spiro atoms. The summed E-state index contributed by atoms with van der Waals surface area (Å²) in [6, 6.07) is 29.6. The Balaban J connectivity index is 1.04. The molecule has 0 fully saturated rings. The molecule has 3 aliphatic rings. The minimum absolute atomic E-state index is 0.150. The van der Waals surface area contributed by atoms with E-state index in [0.717, 1.165) is 43.9 Å². The second kappa shape index (κ2) is 12.1. The highest BCUT2D eigenvalue weighted by atomic mass is 16.5. The van der Waals surface area contributed by atoms with Crippen molar-refractivity contribution in [3.05, 3.63) is 124 Å². The molecule has 0 radical (unpaired) electrons. The molecule has 4 aromatic carbocycles. The molecular weight excluding hydrogens is 576 g/mol. The fraction of sp³-hybridized carbons (Fsp3) is 0.395. The first-order chi connectivity index (χ1) is 22.4. The topological polar surface area (TPSA) is 24.9 Å². The van der Waals surface area contributed by atoms with E-state index in [1.54, 1.807) is 0 Å². The number of ether oxygens (including phenoxy) is 2. The van der Waals surface area contributed by atoms with Crippen molar-refractivity contribution in [2.75, 3.05) is 23.3 Å². The Labute approximate surface area is 282 Å². The summed E-state index contributed by atoms with van der Waals surface area (Å²) in [6.07, 6.45) is 5.79. The van der Waals surface area contributed by atoms with Gasteiger partial charge in [0.1, 0.15) is 11.5 Å². The Morgan fingerprint density at radius 1 is 0.660 bits per heavy atom. The highest BCUT2D eigenvalue weighted by molar-refractivity contribution is 5.70. The van der Waals surface area contributed by atoms with Crippen molar-refractivity contribution < 1.29 is 9.47 Å². The molecule has 0 bridgehead atoms. The average Bonchev–Trinajstić information content (AvgIpc) is 3.07. The lowest BCUT2D eigenvalue weighted by Gasteiger charge is -2.33. The van der Waals surface area contributed by atoms with Gasteiger partial charge >= 0.3 is 0 Å². The molecule has 4 heteroatoms.